The van der Waals surface area contributed by atoms with Gasteiger partial charge in [-0.2, -0.15) is 4.31 Å². The molecule has 0 aliphatic carbocycles. The number of hydrogen-bond donors (Lipinski definition) is 1. The molecule has 1 aliphatic rings. The summed E-state index contributed by atoms with van der Waals surface area (Å²) in [5.74, 6) is 0.157. The van der Waals surface area contributed by atoms with Crippen LogP contribution in [0.25, 0.3) is 5.69 Å². The number of aryl methyl sites for hydroxylation is 2. The van der Waals surface area contributed by atoms with E-state index in [2.05, 4.69) is 10.3 Å². The SMILES string of the molecule is Cc1nccn1-c1ccc(CNC(=O)CCc2ccc(S(=O)(=O)N3CCCCC3)cc2)cc1F. The molecule has 0 unspecified atom stereocenters. The lowest BCUT2D eigenvalue weighted by atomic mass is 10.1. The topological polar surface area (TPSA) is 84.3 Å². The van der Waals surface area contributed by atoms with Crippen molar-refractivity contribution in [3.63, 3.8) is 0 Å². The molecule has 4 rings (SSSR count). The standard InChI is InChI=1S/C25H29FN4O3S/c1-19-27-13-16-30(19)24-11-7-21(17-23(24)26)18-28-25(31)12-8-20-5-9-22(10-6-20)34(32,33)29-14-3-2-4-15-29/h5-7,9-11,13,16-17H,2-4,8,12,14-15,18H2,1H3,(H,28,31). The molecule has 1 N–H and O–H groups in total. The second kappa shape index (κ2) is 10.5. The highest BCUT2D eigenvalue weighted by Crippen LogP contribution is 2.21. The maximum atomic E-state index is 14.5. The van der Waals surface area contributed by atoms with E-state index in [0.717, 1.165) is 24.8 Å². The maximum absolute atomic E-state index is 14.5. The van der Waals surface area contributed by atoms with Gasteiger partial charge in [0.15, 0.2) is 0 Å². The smallest absolute Gasteiger partial charge is 0.243 e. The van der Waals surface area contributed by atoms with E-state index in [1.807, 2.05) is 0 Å². The lowest BCUT2D eigenvalue weighted by molar-refractivity contribution is -0.121. The molecule has 180 valence electrons. The fourth-order valence-corrected chi connectivity index (χ4v) is 5.63. The van der Waals surface area contributed by atoms with Crippen LogP contribution in [-0.4, -0.2) is 41.3 Å². The monoisotopic (exact) mass is 484 g/mol. The Bertz CT molecular complexity index is 1250. The number of imidazole rings is 1. The average Bonchev–Trinajstić information content (AvgIpc) is 3.27. The number of halogens is 1. The zero-order valence-corrected chi connectivity index (χ0v) is 20.0. The summed E-state index contributed by atoms with van der Waals surface area (Å²) >= 11 is 0. The van der Waals surface area contributed by atoms with Crippen LogP contribution in [0, 0.1) is 12.7 Å². The molecule has 2 heterocycles. The van der Waals surface area contributed by atoms with Crippen molar-refractivity contribution >= 4 is 15.9 Å². The van der Waals surface area contributed by atoms with Crippen LogP contribution < -0.4 is 5.32 Å². The third-order valence-electron chi connectivity index (χ3n) is 6.10. The van der Waals surface area contributed by atoms with E-state index < -0.39 is 10.0 Å². The first-order chi connectivity index (χ1) is 16.3. The van der Waals surface area contributed by atoms with Gasteiger partial charge in [-0.15, -0.1) is 0 Å². The summed E-state index contributed by atoms with van der Waals surface area (Å²) < 4.78 is 43.2. The Labute approximate surface area is 199 Å². The first-order valence-corrected chi connectivity index (χ1v) is 12.9. The van der Waals surface area contributed by atoms with E-state index in [9.17, 15) is 17.6 Å². The number of sulfonamides is 1. The summed E-state index contributed by atoms with van der Waals surface area (Å²) in [6.07, 6.45) is 6.92. The van der Waals surface area contributed by atoms with E-state index in [0.29, 0.717) is 41.5 Å². The Hall–Kier alpha value is -3.04. The maximum Gasteiger partial charge on any atom is 0.243 e. The molecule has 1 aromatic heterocycles. The molecule has 0 radical (unpaired) electrons. The molecule has 1 aliphatic heterocycles. The molecule has 1 amide bonds. The number of hydrogen-bond acceptors (Lipinski definition) is 4. The average molecular weight is 485 g/mol. The Kier molecular flexibility index (Phi) is 7.43. The number of benzene rings is 2. The normalized spacial score (nSPS) is 14.8. The van der Waals surface area contributed by atoms with Crippen LogP contribution in [0.1, 0.15) is 42.6 Å². The van der Waals surface area contributed by atoms with Crippen molar-refractivity contribution in [2.45, 2.75) is 50.5 Å². The first-order valence-electron chi connectivity index (χ1n) is 11.5. The number of nitrogens with zero attached hydrogens (tertiary/aromatic N) is 3. The summed E-state index contributed by atoms with van der Waals surface area (Å²) in [6.45, 7) is 3.17. The van der Waals surface area contributed by atoms with E-state index in [1.165, 1.54) is 6.07 Å². The van der Waals surface area contributed by atoms with Gasteiger partial charge in [0, 0.05) is 38.4 Å². The Morgan fingerprint density at radius 2 is 1.76 bits per heavy atom. The predicted octanol–water partition coefficient (Wildman–Crippen LogP) is 3.74. The molecular formula is C25H29FN4O3S. The van der Waals surface area contributed by atoms with E-state index in [4.69, 9.17) is 0 Å². The van der Waals surface area contributed by atoms with Gasteiger partial charge in [0.25, 0.3) is 0 Å². The van der Waals surface area contributed by atoms with Gasteiger partial charge in [0.1, 0.15) is 11.6 Å². The minimum atomic E-state index is -3.45. The van der Waals surface area contributed by atoms with E-state index in [1.54, 1.807) is 64.6 Å². The van der Waals surface area contributed by atoms with Gasteiger partial charge in [-0.05, 0) is 61.6 Å². The van der Waals surface area contributed by atoms with Crippen LogP contribution in [0.2, 0.25) is 0 Å². The summed E-state index contributed by atoms with van der Waals surface area (Å²) in [6, 6.07) is 11.6. The first kappa shape index (κ1) is 24.1. The second-order valence-electron chi connectivity index (χ2n) is 8.52. The predicted molar refractivity (Wildman–Crippen MR) is 127 cm³/mol. The lowest BCUT2D eigenvalue weighted by Crippen LogP contribution is -2.35. The third-order valence-corrected chi connectivity index (χ3v) is 8.02. The lowest BCUT2D eigenvalue weighted by Gasteiger charge is -2.25. The zero-order valence-electron chi connectivity index (χ0n) is 19.2. The molecule has 1 saturated heterocycles. The largest absolute Gasteiger partial charge is 0.352 e. The van der Waals surface area contributed by atoms with Gasteiger partial charge >= 0.3 is 0 Å². The van der Waals surface area contributed by atoms with Crippen LogP contribution in [0.4, 0.5) is 4.39 Å². The number of rotatable bonds is 8. The fourth-order valence-electron chi connectivity index (χ4n) is 4.12. The van der Waals surface area contributed by atoms with Gasteiger partial charge < -0.3 is 9.88 Å². The zero-order chi connectivity index (χ0) is 24.1. The van der Waals surface area contributed by atoms with Crippen LogP contribution in [0.3, 0.4) is 0 Å². The number of piperidine rings is 1. The molecule has 9 heteroatoms. The highest BCUT2D eigenvalue weighted by Gasteiger charge is 2.25. The third kappa shape index (κ3) is 5.53. The fraction of sp³-hybridized carbons (Fsp3) is 0.360. The van der Waals surface area contributed by atoms with E-state index >= 15 is 0 Å². The second-order valence-corrected chi connectivity index (χ2v) is 10.5. The summed E-state index contributed by atoms with van der Waals surface area (Å²) in [5, 5.41) is 2.81. The number of carbonyl (C=O) groups is 1. The molecule has 2 aromatic carbocycles. The van der Waals surface area contributed by atoms with Crippen molar-refractivity contribution in [3.8, 4) is 5.69 Å². The molecule has 3 aromatic rings. The Morgan fingerprint density at radius 1 is 1.06 bits per heavy atom. The van der Waals surface area contributed by atoms with Crippen molar-refractivity contribution in [3.05, 3.63) is 77.6 Å². The van der Waals surface area contributed by atoms with Gasteiger partial charge in [-0.25, -0.2) is 17.8 Å². The van der Waals surface area contributed by atoms with Crippen molar-refractivity contribution in [1.82, 2.24) is 19.2 Å². The van der Waals surface area contributed by atoms with Gasteiger partial charge in [-0.1, -0.05) is 24.6 Å². The summed E-state index contributed by atoms with van der Waals surface area (Å²) in [4.78, 5) is 16.7. The molecule has 0 spiro atoms. The van der Waals surface area contributed by atoms with Gasteiger partial charge in [0.05, 0.1) is 10.6 Å². The summed E-state index contributed by atoms with van der Waals surface area (Å²) in [5.41, 5.74) is 1.97. The molecule has 0 atom stereocenters. The summed E-state index contributed by atoms with van der Waals surface area (Å²) in [7, 11) is -3.45. The Morgan fingerprint density at radius 3 is 2.41 bits per heavy atom. The van der Waals surface area contributed by atoms with Gasteiger partial charge in [0.2, 0.25) is 15.9 Å². The van der Waals surface area contributed by atoms with Crippen molar-refractivity contribution in [1.29, 1.82) is 0 Å². The van der Waals surface area contributed by atoms with Crippen molar-refractivity contribution in [2.75, 3.05) is 13.1 Å². The number of aromatic nitrogens is 2. The molecule has 0 saturated carbocycles. The highest BCUT2D eigenvalue weighted by molar-refractivity contribution is 7.89. The highest BCUT2D eigenvalue weighted by atomic mass is 32.2. The van der Waals surface area contributed by atoms with Gasteiger partial charge in [-0.3, -0.25) is 4.79 Å². The molecule has 0 bridgehead atoms. The Balaban J connectivity index is 1.28. The number of nitrogens with one attached hydrogen (secondary N) is 1. The van der Waals surface area contributed by atoms with Crippen LogP contribution >= 0.6 is 0 Å². The van der Waals surface area contributed by atoms with Crippen molar-refractivity contribution < 1.29 is 17.6 Å². The van der Waals surface area contributed by atoms with E-state index in [-0.39, 0.29) is 24.7 Å². The van der Waals surface area contributed by atoms with Crippen molar-refractivity contribution in [2.24, 2.45) is 0 Å². The quantitative estimate of drug-likeness (QED) is 0.528. The molecular weight excluding hydrogens is 455 g/mol. The minimum Gasteiger partial charge on any atom is -0.352 e. The van der Waals surface area contributed by atoms with Crippen LogP contribution in [0.15, 0.2) is 59.8 Å². The number of amides is 1. The number of carbonyl (C=O) groups excluding carboxylic acids is 1. The molecule has 1 fully saturated rings. The van der Waals surface area contributed by atoms with Crippen LogP contribution in [0.5, 0.6) is 0 Å². The molecule has 34 heavy (non-hydrogen) atoms. The molecule has 7 nitrogen and oxygen atoms in total. The minimum absolute atomic E-state index is 0.153. The van der Waals surface area contributed by atoms with Crippen LogP contribution in [-0.2, 0) is 27.8 Å².